The van der Waals surface area contributed by atoms with Crippen LogP contribution < -0.4 is 0 Å². The lowest BCUT2D eigenvalue weighted by Gasteiger charge is -2.19. The lowest BCUT2D eigenvalue weighted by atomic mass is 10.2. The maximum Gasteiger partial charge on any atom is 0.253 e. The lowest BCUT2D eigenvalue weighted by Crippen LogP contribution is -2.37. The van der Waals surface area contributed by atoms with Gasteiger partial charge >= 0.3 is 0 Å². The molecule has 1 aliphatic heterocycles. The van der Waals surface area contributed by atoms with Crippen molar-refractivity contribution in [1.82, 2.24) is 9.88 Å². The number of carbonyl (C=O) groups is 2. The van der Waals surface area contributed by atoms with E-state index in [2.05, 4.69) is 4.98 Å². The molecular formula is C13H12N2O2. The van der Waals surface area contributed by atoms with Gasteiger partial charge in [0.25, 0.3) is 11.8 Å². The summed E-state index contributed by atoms with van der Waals surface area (Å²) in [5, 5.41) is 0. The largest absolute Gasteiger partial charge is 0.275 e. The van der Waals surface area contributed by atoms with E-state index in [1.54, 1.807) is 30.5 Å². The minimum absolute atomic E-state index is 0.257. The van der Waals surface area contributed by atoms with Gasteiger partial charge in [-0.3, -0.25) is 19.5 Å². The maximum absolute atomic E-state index is 11.7. The fourth-order valence-electron chi connectivity index (χ4n) is 1.53. The molecule has 17 heavy (non-hydrogen) atoms. The third-order valence-electron chi connectivity index (χ3n) is 2.40. The van der Waals surface area contributed by atoms with Crippen molar-refractivity contribution in [2.45, 2.75) is 6.42 Å². The summed E-state index contributed by atoms with van der Waals surface area (Å²) in [6.07, 6.45) is 8.55. The summed E-state index contributed by atoms with van der Waals surface area (Å²) < 4.78 is 0. The van der Waals surface area contributed by atoms with Gasteiger partial charge in [-0.15, -0.1) is 0 Å². The molecule has 2 heterocycles. The van der Waals surface area contributed by atoms with Gasteiger partial charge in [0.05, 0.1) is 5.69 Å². The fourth-order valence-corrected chi connectivity index (χ4v) is 1.53. The molecule has 0 spiro atoms. The van der Waals surface area contributed by atoms with Gasteiger partial charge in [-0.2, -0.15) is 0 Å². The topological polar surface area (TPSA) is 50.3 Å². The van der Waals surface area contributed by atoms with Crippen LogP contribution in [0.5, 0.6) is 0 Å². The molecule has 0 radical (unpaired) electrons. The van der Waals surface area contributed by atoms with Crippen LogP contribution in [0.15, 0.2) is 42.6 Å². The molecule has 0 atom stereocenters. The van der Waals surface area contributed by atoms with Crippen LogP contribution in [0.3, 0.4) is 0 Å². The van der Waals surface area contributed by atoms with Crippen LogP contribution in [0.4, 0.5) is 0 Å². The van der Waals surface area contributed by atoms with Crippen molar-refractivity contribution in [3.8, 4) is 0 Å². The Balaban J connectivity index is 2.04. The molecule has 0 saturated heterocycles. The molecule has 4 nitrogen and oxygen atoms in total. The van der Waals surface area contributed by atoms with Crippen molar-refractivity contribution in [2.75, 3.05) is 6.54 Å². The second-order valence-corrected chi connectivity index (χ2v) is 3.61. The van der Waals surface area contributed by atoms with Crippen molar-refractivity contribution in [3.63, 3.8) is 0 Å². The van der Waals surface area contributed by atoms with Gasteiger partial charge in [0.2, 0.25) is 0 Å². The molecule has 1 aromatic heterocycles. The van der Waals surface area contributed by atoms with Crippen LogP contribution >= 0.6 is 0 Å². The van der Waals surface area contributed by atoms with Gasteiger partial charge in [-0.1, -0.05) is 12.1 Å². The van der Waals surface area contributed by atoms with E-state index >= 15 is 0 Å². The standard InChI is InChI=1S/C13H12N2O2/c16-12-6-2-4-10-15(12)13(17)8-7-11-5-1-3-9-14-11/h1-3,5-9H,4,10H2/b8-7+. The maximum atomic E-state index is 11.7. The van der Waals surface area contributed by atoms with E-state index in [9.17, 15) is 9.59 Å². The van der Waals surface area contributed by atoms with Crippen molar-refractivity contribution >= 4 is 17.9 Å². The van der Waals surface area contributed by atoms with E-state index in [1.165, 1.54) is 17.1 Å². The highest BCUT2D eigenvalue weighted by Gasteiger charge is 2.18. The predicted octanol–water partition coefficient (Wildman–Crippen LogP) is 1.41. The molecule has 0 fully saturated rings. The van der Waals surface area contributed by atoms with Crippen LogP contribution in [0, 0.1) is 0 Å². The Morgan fingerprint density at radius 1 is 1.41 bits per heavy atom. The third kappa shape index (κ3) is 2.87. The molecule has 2 amide bonds. The summed E-state index contributed by atoms with van der Waals surface area (Å²) in [5.74, 6) is -0.558. The molecular weight excluding hydrogens is 216 g/mol. The zero-order chi connectivity index (χ0) is 12.1. The molecule has 0 bridgehead atoms. The van der Waals surface area contributed by atoms with Crippen LogP contribution in [0.2, 0.25) is 0 Å². The second-order valence-electron chi connectivity index (χ2n) is 3.61. The van der Waals surface area contributed by atoms with E-state index in [-0.39, 0.29) is 11.8 Å². The Bertz CT molecular complexity index is 477. The minimum Gasteiger partial charge on any atom is -0.275 e. The van der Waals surface area contributed by atoms with E-state index in [4.69, 9.17) is 0 Å². The van der Waals surface area contributed by atoms with Gasteiger partial charge in [0.15, 0.2) is 0 Å². The SMILES string of the molecule is O=C1C=CCCN1C(=O)/C=C/c1ccccn1. The highest BCUT2D eigenvalue weighted by molar-refractivity contribution is 6.06. The Labute approximate surface area is 99.3 Å². The average Bonchev–Trinajstić information content (AvgIpc) is 2.38. The summed E-state index contributed by atoms with van der Waals surface area (Å²) in [7, 11) is 0. The summed E-state index contributed by atoms with van der Waals surface area (Å²) in [6.45, 7) is 0.445. The number of amides is 2. The van der Waals surface area contributed by atoms with Crippen molar-refractivity contribution in [2.24, 2.45) is 0 Å². The fraction of sp³-hybridized carbons (Fsp3) is 0.154. The first-order valence-electron chi connectivity index (χ1n) is 5.38. The lowest BCUT2D eigenvalue weighted by molar-refractivity contribution is -0.139. The number of rotatable bonds is 2. The molecule has 0 aliphatic carbocycles. The predicted molar refractivity (Wildman–Crippen MR) is 63.7 cm³/mol. The number of hydrogen-bond acceptors (Lipinski definition) is 3. The van der Waals surface area contributed by atoms with Gasteiger partial charge < -0.3 is 0 Å². The first kappa shape index (κ1) is 11.3. The highest BCUT2D eigenvalue weighted by Crippen LogP contribution is 2.05. The number of carbonyl (C=O) groups excluding carboxylic acids is 2. The molecule has 86 valence electrons. The average molecular weight is 228 g/mol. The van der Waals surface area contributed by atoms with Gasteiger partial charge in [-0.25, -0.2) is 0 Å². The normalized spacial score (nSPS) is 15.5. The van der Waals surface area contributed by atoms with Crippen LogP contribution in [0.25, 0.3) is 6.08 Å². The molecule has 1 aliphatic rings. The van der Waals surface area contributed by atoms with Crippen molar-refractivity contribution in [1.29, 1.82) is 0 Å². The molecule has 4 heteroatoms. The summed E-state index contributed by atoms with van der Waals surface area (Å²) in [6, 6.07) is 5.44. The molecule has 0 saturated carbocycles. The number of aromatic nitrogens is 1. The number of nitrogens with zero attached hydrogens (tertiary/aromatic N) is 2. The molecule has 0 aromatic carbocycles. The van der Waals surface area contributed by atoms with Gasteiger partial charge in [-0.05, 0) is 30.7 Å². The van der Waals surface area contributed by atoms with Crippen LogP contribution in [-0.2, 0) is 9.59 Å². The third-order valence-corrected chi connectivity index (χ3v) is 2.40. The van der Waals surface area contributed by atoms with E-state index < -0.39 is 0 Å². The Kier molecular flexibility index (Phi) is 3.45. The van der Waals surface area contributed by atoms with Crippen molar-refractivity contribution in [3.05, 3.63) is 48.3 Å². The second kappa shape index (κ2) is 5.21. The van der Waals surface area contributed by atoms with Crippen LogP contribution in [-0.4, -0.2) is 28.2 Å². The first-order chi connectivity index (χ1) is 8.27. The quantitative estimate of drug-likeness (QED) is 0.719. The summed E-state index contributed by atoms with van der Waals surface area (Å²) in [5.41, 5.74) is 0.695. The number of hydrogen-bond donors (Lipinski definition) is 0. The Hall–Kier alpha value is -2.23. The zero-order valence-electron chi connectivity index (χ0n) is 9.24. The first-order valence-corrected chi connectivity index (χ1v) is 5.38. The molecule has 0 unspecified atom stereocenters. The number of pyridine rings is 1. The summed E-state index contributed by atoms with van der Waals surface area (Å²) in [4.78, 5) is 28.4. The summed E-state index contributed by atoms with van der Waals surface area (Å²) >= 11 is 0. The number of imide groups is 1. The Morgan fingerprint density at radius 3 is 3.00 bits per heavy atom. The van der Waals surface area contributed by atoms with E-state index in [1.807, 2.05) is 6.07 Å². The highest BCUT2D eigenvalue weighted by atomic mass is 16.2. The van der Waals surface area contributed by atoms with E-state index in [0.717, 1.165) is 6.42 Å². The van der Waals surface area contributed by atoms with Gasteiger partial charge in [0.1, 0.15) is 0 Å². The Morgan fingerprint density at radius 2 is 2.29 bits per heavy atom. The van der Waals surface area contributed by atoms with Crippen molar-refractivity contribution < 1.29 is 9.59 Å². The van der Waals surface area contributed by atoms with E-state index in [0.29, 0.717) is 12.2 Å². The molecule has 1 aromatic rings. The molecule has 2 rings (SSSR count). The smallest absolute Gasteiger partial charge is 0.253 e. The zero-order valence-corrected chi connectivity index (χ0v) is 9.24. The van der Waals surface area contributed by atoms with Gasteiger partial charge in [0, 0.05) is 18.8 Å². The monoisotopic (exact) mass is 228 g/mol. The minimum atomic E-state index is -0.301. The molecule has 0 N–H and O–H groups in total. The van der Waals surface area contributed by atoms with Crippen LogP contribution in [0.1, 0.15) is 12.1 Å².